The van der Waals surface area contributed by atoms with Gasteiger partial charge in [0.1, 0.15) is 11.8 Å². The highest BCUT2D eigenvalue weighted by molar-refractivity contribution is 5.85. The number of ether oxygens (including phenoxy) is 2. The van der Waals surface area contributed by atoms with E-state index in [4.69, 9.17) is 10.5 Å². The van der Waals surface area contributed by atoms with Gasteiger partial charge >= 0.3 is 5.97 Å². The molecule has 1 rings (SSSR count). The summed E-state index contributed by atoms with van der Waals surface area (Å²) in [7, 11) is 2.87. The van der Waals surface area contributed by atoms with Gasteiger partial charge < -0.3 is 15.2 Å². The highest BCUT2D eigenvalue weighted by atomic mass is 35.5. The molecule has 0 aliphatic carbocycles. The van der Waals surface area contributed by atoms with Crippen LogP contribution in [0.3, 0.4) is 0 Å². The molecular weight excluding hydrogens is 254 g/mol. The number of hydrogen-bond donors (Lipinski definition) is 1. The summed E-state index contributed by atoms with van der Waals surface area (Å²) in [6.45, 7) is 4.16. The Labute approximate surface area is 114 Å². The van der Waals surface area contributed by atoms with Gasteiger partial charge in [-0.1, -0.05) is 19.9 Å². The number of hydrogen-bond acceptors (Lipinski definition) is 4. The van der Waals surface area contributed by atoms with Crippen LogP contribution in [0.2, 0.25) is 0 Å². The van der Waals surface area contributed by atoms with E-state index in [-0.39, 0.29) is 12.4 Å². The molecule has 0 aliphatic rings. The van der Waals surface area contributed by atoms with Crippen molar-refractivity contribution in [1.82, 2.24) is 0 Å². The van der Waals surface area contributed by atoms with Gasteiger partial charge in [-0.2, -0.15) is 0 Å². The van der Waals surface area contributed by atoms with Gasteiger partial charge in [0.2, 0.25) is 0 Å². The van der Waals surface area contributed by atoms with Gasteiger partial charge in [-0.25, -0.2) is 0 Å². The van der Waals surface area contributed by atoms with Gasteiger partial charge in [0, 0.05) is 5.56 Å². The lowest BCUT2D eigenvalue weighted by Crippen LogP contribution is -2.23. The molecule has 0 radical (unpaired) electrons. The number of nitrogens with two attached hydrogens (primary N) is 1. The number of rotatable bonds is 4. The fourth-order valence-electron chi connectivity index (χ4n) is 1.61. The van der Waals surface area contributed by atoms with E-state index in [0.29, 0.717) is 17.2 Å². The minimum absolute atomic E-state index is 0. The highest BCUT2D eigenvalue weighted by Crippen LogP contribution is 2.28. The molecule has 0 aromatic heterocycles. The first-order valence-corrected chi connectivity index (χ1v) is 5.52. The average Bonchev–Trinajstić information content (AvgIpc) is 2.35. The minimum atomic E-state index is -0.811. The van der Waals surface area contributed by atoms with E-state index < -0.39 is 12.0 Å². The summed E-state index contributed by atoms with van der Waals surface area (Å²) >= 11 is 0. The Kier molecular flexibility index (Phi) is 6.73. The van der Waals surface area contributed by atoms with Crippen LogP contribution in [-0.2, 0) is 9.53 Å². The second-order valence-corrected chi connectivity index (χ2v) is 4.16. The van der Waals surface area contributed by atoms with Gasteiger partial charge in [-0.05, 0) is 23.6 Å². The van der Waals surface area contributed by atoms with E-state index in [1.807, 2.05) is 18.2 Å². The van der Waals surface area contributed by atoms with Crippen molar-refractivity contribution in [2.45, 2.75) is 25.8 Å². The van der Waals surface area contributed by atoms with Crippen molar-refractivity contribution in [3.8, 4) is 5.75 Å². The van der Waals surface area contributed by atoms with E-state index in [9.17, 15) is 4.79 Å². The average molecular weight is 274 g/mol. The Bertz CT molecular complexity index is 407. The molecule has 5 heteroatoms. The summed E-state index contributed by atoms with van der Waals surface area (Å²) in [5, 5.41) is 0. The van der Waals surface area contributed by atoms with E-state index in [0.717, 1.165) is 5.56 Å². The summed E-state index contributed by atoms with van der Waals surface area (Å²) in [5.74, 6) is 0.501. The largest absolute Gasteiger partial charge is 0.496 e. The quantitative estimate of drug-likeness (QED) is 0.856. The molecule has 0 saturated carbocycles. The molecule has 1 atom stereocenters. The van der Waals surface area contributed by atoms with Crippen molar-refractivity contribution in [1.29, 1.82) is 0 Å². The molecule has 0 heterocycles. The van der Waals surface area contributed by atoms with Crippen molar-refractivity contribution in [2.24, 2.45) is 5.73 Å². The Hall–Kier alpha value is -1.26. The van der Waals surface area contributed by atoms with Gasteiger partial charge in [0.15, 0.2) is 0 Å². The van der Waals surface area contributed by atoms with Crippen molar-refractivity contribution < 1.29 is 14.3 Å². The molecule has 102 valence electrons. The van der Waals surface area contributed by atoms with Crippen LogP contribution in [0, 0.1) is 0 Å². The SMILES string of the molecule is COC(=O)[C@H](N)c1cc(C(C)C)ccc1OC.Cl. The van der Waals surface area contributed by atoms with Crippen LogP contribution in [0.1, 0.15) is 36.9 Å². The Morgan fingerprint density at radius 1 is 1.28 bits per heavy atom. The maximum absolute atomic E-state index is 11.5. The molecule has 0 amide bonds. The Balaban J connectivity index is 0.00000289. The van der Waals surface area contributed by atoms with Gasteiger partial charge in [0.05, 0.1) is 14.2 Å². The van der Waals surface area contributed by atoms with Crippen molar-refractivity contribution >= 4 is 18.4 Å². The number of carbonyl (C=O) groups excluding carboxylic acids is 1. The third kappa shape index (κ3) is 3.62. The zero-order chi connectivity index (χ0) is 13.0. The van der Waals surface area contributed by atoms with Crippen LogP contribution in [0.25, 0.3) is 0 Å². The van der Waals surface area contributed by atoms with E-state index in [1.54, 1.807) is 7.11 Å². The van der Waals surface area contributed by atoms with Crippen LogP contribution >= 0.6 is 12.4 Å². The molecule has 0 bridgehead atoms. The van der Waals surface area contributed by atoms with Crippen molar-refractivity contribution in [2.75, 3.05) is 14.2 Å². The number of benzene rings is 1. The topological polar surface area (TPSA) is 61.5 Å². The van der Waals surface area contributed by atoms with Gasteiger partial charge in [0.25, 0.3) is 0 Å². The molecule has 0 fully saturated rings. The lowest BCUT2D eigenvalue weighted by atomic mass is 9.97. The third-order valence-electron chi connectivity index (χ3n) is 2.71. The molecule has 1 aromatic carbocycles. The maximum Gasteiger partial charge on any atom is 0.327 e. The zero-order valence-electron chi connectivity index (χ0n) is 11.1. The summed E-state index contributed by atoms with van der Waals surface area (Å²) in [6, 6.07) is 4.88. The second kappa shape index (κ2) is 7.24. The van der Waals surface area contributed by atoms with Gasteiger partial charge in [-0.3, -0.25) is 4.79 Å². The molecule has 1 aromatic rings. The molecule has 18 heavy (non-hydrogen) atoms. The Morgan fingerprint density at radius 2 is 1.89 bits per heavy atom. The number of carbonyl (C=O) groups is 1. The van der Waals surface area contributed by atoms with E-state index in [1.165, 1.54) is 7.11 Å². The van der Waals surface area contributed by atoms with Crippen LogP contribution in [0.15, 0.2) is 18.2 Å². The maximum atomic E-state index is 11.5. The fourth-order valence-corrected chi connectivity index (χ4v) is 1.61. The molecule has 2 N–H and O–H groups in total. The first-order valence-electron chi connectivity index (χ1n) is 5.52. The molecule has 0 spiro atoms. The molecule has 4 nitrogen and oxygen atoms in total. The molecular formula is C13H20ClNO3. The zero-order valence-corrected chi connectivity index (χ0v) is 11.9. The standard InChI is InChI=1S/C13H19NO3.ClH/c1-8(2)9-5-6-11(16-3)10(7-9)12(14)13(15)17-4;/h5-8,12H,14H2,1-4H3;1H/t12-;/m1./s1. The molecule has 0 unspecified atom stereocenters. The van der Waals surface area contributed by atoms with E-state index >= 15 is 0 Å². The summed E-state index contributed by atoms with van der Waals surface area (Å²) in [5.41, 5.74) is 7.61. The van der Waals surface area contributed by atoms with Crippen LogP contribution < -0.4 is 10.5 Å². The van der Waals surface area contributed by atoms with Crippen LogP contribution in [0.4, 0.5) is 0 Å². The molecule has 0 saturated heterocycles. The summed E-state index contributed by atoms with van der Waals surface area (Å²) in [6.07, 6.45) is 0. The lowest BCUT2D eigenvalue weighted by Gasteiger charge is -2.16. The first-order chi connectivity index (χ1) is 8.01. The lowest BCUT2D eigenvalue weighted by molar-refractivity contribution is -0.142. The summed E-state index contributed by atoms with van der Waals surface area (Å²) < 4.78 is 9.85. The normalized spacial score (nSPS) is 11.7. The molecule has 0 aliphatic heterocycles. The van der Waals surface area contributed by atoms with E-state index in [2.05, 4.69) is 18.6 Å². The predicted octanol–water partition coefficient (Wildman–Crippen LogP) is 2.41. The third-order valence-corrected chi connectivity index (χ3v) is 2.71. The Morgan fingerprint density at radius 3 is 2.33 bits per heavy atom. The van der Waals surface area contributed by atoms with Crippen LogP contribution in [-0.4, -0.2) is 20.2 Å². The summed E-state index contributed by atoms with van der Waals surface area (Å²) in [4.78, 5) is 11.5. The first kappa shape index (κ1) is 16.7. The monoisotopic (exact) mass is 273 g/mol. The fraction of sp³-hybridized carbons (Fsp3) is 0.462. The number of esters is 1. The number of methoxy groups -OCH3 is 2. The second-order valence-electron chi connectivity index (χ2n) is 4.16. The minimum Gasteiger partial charge on any atom is -0.496 e. The highest BCUT2D eigenvalue weighted by Gasteiger charge is 2.21. The van der Waals surface area contributed by atoms with Crippen molar-refractivity contribution in [3.63, 3.8) is 0 Å². The predicted molar refractivity (Wildman–Crippen MR) is 73.3 cm³/mol. The van der Waals surface area contributed by atoms with Crippen LogP contribution in [0.5, 0.6) is 5.75 Å². The number of halogens is 1. The van der Waals surface area contributed by atoms with Gasteiger partial charge in [-0.15, -0.1) is 12.4 Å². The smallest absolute Gasteiger partial charge is 0.327 e. The van der Waals surface area contributed by atoms with Crippen molar-refractivity contribution in [3.05, 3.63) is 29.3 Å².